The highest BCUT2D eigenvalue weighted by Crippen LogP contribution is 2.40. The number of aliphatic hydroxyl groups excluding tert-OH is 1. The quantitative estimate of drug-likeness (QED) is 0.328. The highest BCUT2D eigenvalue weighted by molar-refractivity contribution is 6.00. The van der Waals surface area contributed by atoms with Gasteiger partial charge in [0, 0.05) is 25.0 Å². The number of fused-ring (bicyclic) bond motifs is 5. The lowest BCUT2D eigenvalue weighted by molar-refractivity contribution is -0.172. The molecule has 3 heterocycles. The number of cyclic esters (lactones) is 1. The van der Waals surface area contributed by atoms with E-state index >= 15 is 0 Å². The van der Waals surface area contributed by atoms with Crippen LogP contribution >= 0.6 is 0 Å². The number of Topliss-reactive ketones (excluding diaryl/α,β-unsaturated/α-hetero) is 1. The van der Waals surface area contributed by atoms with Crippen molar-refractivity contribution in [1.82, 2.24) is 9.80 Å². The van der Waals surface area contributed by atoms with Crippen molar-refractivity contribution in [3.05, 3.63) is 12.2 Å². The molecule has 1 amide bonds. The number of amides is 1. The second-order valence-electron chi connectivity index (χ2n) is 11.4. The van der Waals surface area contributed by atoms with Gasteiger partial charge in [0.2, 0.25) is 0 Å². The summed E-state index contributed by atoms with van der Waals surface area (Å²) in [5.74, 6) is -2.91. The lowest BCUT2D eigenvalue weighted by atomic mass is 9.78. The second kappa shape index (κ2) is 10.8. The van der Waals surface area contributed by atoms with Crippen molar-refractivity contribution in [3.8, 4) is 0 Å². The first-order chi connectivity index (χ1) is 16.8. The van der Waals surface area contributed by atoms with Gasteiger partial charge in [0.05, 0.1) is 24.4 Å². The Bertz CT molecular complexity index is 878. The fourth-order valence-corrected chi connectivity index (χ4v) is 6.37. The maximum atomic E-state index is 13.3. The fraction of sp³-hybridized carbons (Fsp3) is 0.815. The molecule has 9 atom stereocenters. The number of ketones is 1. The number of likely N-dealkylation sites (N-methyl/N-ethyl adjacent to an activating group) is 1. The number of carbonyl (C=O) groups excluding carboxylic acids is 3. The van der Waals surface area contributed by atoms with Crippen LogP contribution in [0, 0.1) is 17.8 Å². The van der Waals surface area contributed by atoms with Gasteiger partial charge in [-0.1, -0.05) is 32.9 Å². The van der Waals surface area contributed by atoms with E-state index in [1.165, 1.54) is 6.92 Å². The topological polar surface area (TPSA) is 106 Å². The molecule has 9 heteroatoms. The number of hydrogen-bond donors (Lipinski definition) is 1. The standard InChI is InChI=1S/C27H44N2O7/c1-9-20-27(7)22-19(5)28(8)15-16(2)14-26(6,34-13-11-10-12-29(22)25(33)36-27)23(31)17(3)21(30)18(4)24(32)35-20/h10-11,16-20,22-23,31H,9,12-15H2,1-8H3/b11-10+/t16-,17+,18?,19-,20-,22-,23-,26-,27-/m1/s1. The van der Waals surface area contributed by atoms with Crippen LogP contribution in [-0.4, -0.2) is 95.0 Å². The maximum Gasteiger partial charge on any atom is 0.411 e. The van der Waals surface area contributed by atoms with Crippen LogP contribution in [-0.2, 0) is 23.8 Å². The molecule has 3 aliphatic rings. The molecule has 2 saturated heterocycles. The Morgan fingerprint density at radius 1 is 1.11 bits per heavy atom. The summed E-state index contributed by atoms with van der Waals surface area (Å²) in [4.78, 5) is 43.6. The molecule has 0 aromatic rings. The van der Waals surface area contributed by atoms with Gasteiger partial charge in [-0.25, -0.2) is 4.79 Å². The van der Waals surface area contributed by atoms with Crippen LogP contribution in [0.3, 0.4) is 0 Å². The summed E-state index contributed by atoms with van der Waals surface area (Å²) in [5.41, 5.74) is -2.14. The van der Waals surface area contributed by atoms with Gasteiger partial charge in [0.15, 0.2) is 11.4 Å². The summed E-state index contributed by atoms with van der Waals surface area (Å²) < 4.78 is 18.1. The Labute approximate surface area is 215 Å². The van der Waals surface area contributed by atoms with E-state index in [2.05, 4.69) is 18.7 Å². The Hall–Kier alpha value is -1.97. The minimum atomic E-state index is -1.12. The van der Waals surface area contributed by atoms with Crippen molar-refractivity contribution in [2.75, 3.05) is 26.7 Å². The number of aliphatic hydroxyl groups is 1. The molecule has 0 aromatic heterocycles. The molecule has 1 unspecified atom stereocenters. The third kappa shape index (κ3) is 5.20. The summed E-state index contributed by atoms with van der Waals surface area (Å²) in [6.45, 7) is 14.0. The first-order valence-electron chi connectivity index (χ1n) is 13.2. The molecule has 2 fully saturated rings. The van der Waals surface area contributed by atoms with Crippen LogP contribution < -0.4 is 0 Å². The van der Waals surface area contributed by atoms with E-state index in [-0.39, 0.29) is 18.6 Å². The number of carbonyl (C=O) groups is 3. The monoisotopic (exact) mass is 508 g/mol. The molecule has 0 aliphatic carbocycles. The summed E-state index contributed by atoms with van der Waals surface area (Å²) in [7, 11) is 2.01. The summed E-state index contributed by atoms with van der Waals surface area (Å²) in [5, 5.41) is 11.4. The molecule has 0 saturated carbocycles. The van der Waals surface area contributed by atoms with Gasteiger partial charge in [0.1, 0.15) is 12.0 Å². The van der Waals surface area contributed by atoms with E-state index < -0.39 is 59.1 Å². The zero-order valence-electron chi connectivity index (χ0n) is 23.0. The van der Waals surface area contributed by atoms with Crippen molar-refractivity contribution >= 4 is 17.8 Å². The third-order valence-electron chi connectivity index (χ3n) is 8.55. The van der Waals surface area contributed by atoms with Crippen molar-refractivity contribution in [3.63, 3.8) is 0 Å². The Balaban J connectivity index is 2.20. The lowest BCUT2D eigenvalue weighted by Gasteiger charge is -2.43. The molecular weight excluding hydrogens is 464 g/mol. The minimum absolute atomic E-state index is 0.101. The van der Waals surface area contributed by atoms with Crippen LogP contribution in [0.5, 0.6) is 0 Å². The van der Waals surface area contributed by atoms with Gasteiger partial charge in [-0.2, -0.15) is 0 Å². The Kier molecular flexibility index (Phi) is 8.57. The van der Waals surface area contributed by atoms with E-state index in [1.54, 1.807) is 11.8 Å². The van der Waals surface area contributed by atoms with Crippen LogP contribution in [0.25, 0.3) is 0 Å². The van der Waals surface area contributed by atoms with Crippen molar-refractivity contribution in [1.29, 1.82) is 0 Å². The molecule has 9 nitrogen and oxygen atoms in total. The van der Waals surface area contributed by atoms with Gasteiger partial charge in [-0.3, -0.25) is 14.5 Å². The molecule has 0 spiro atoms. The minimum Gasteiger partial charge on any atom is -0.458 e. The molecule has 1 N–H and O–H groups in total. The molecule has 0 radical (unpaired) electrons. The summed E-state index contributed by atoms with van der Waals surface area (Å²) in [6.07, 6.45) is 2.28. The predicted molar refractivity (Wildman–Crippen MR) is 134 cm³/mol. The van der Waals surface area contributed by atoms with Crippen molar-refractivity contribution in [2.24, 2.45) is 17.8 Å². The molecule has 3 rings (SSSR count). The van der Waals surface area contributed by atoms with E-state index in [0.717, 1.165) is 0 Å². The number of rotatable bonds is 1. The second-order valence-corrected chi connectivity index (χ2v) is 11.4. The van der Waals surface area contributed by atoms with Crippen LogP contribution in [0.15, 0.2) is 12.2 Å². The fourth-order valence-electron chi connectivity index (χ4n) is 6.37. The molecular formula is C27H44N2O7. The predicted octanol–water partition coefficient (Wildman–Crippen LogP) is 2.80. The summed E-state index contributed by atoms with van der Waals surface area (Å²) >= 11 is 0. The van der Waals surface area contributed by atoms with Gasteiger partial charge < -0.3 is 24.2 Å². The molecule has 3 aliphatic heterocycles. The average molecular weight is 509 g/mol. The van der Waals surface area contributed by atoms with Crippen molar-refractivity contribution in [2.45, 2.75) is 96.8 Å². The zero-order chi connectivity index (χ0) is 27.0. The van der Waals surface area contributed by atoms with Gasteiger partial charge >= 0.3 is 12.1 Å². The van der Waals surface area contributed by atoms with E-state index in [9.17, 15) is 19.5 Å². The Morgan fingerprint density at radius 3 is 2.42 bits per heavy atom. The highest BCUT2D eigenvalue weighted by atomic mass is 16.6. The van der Waals surface area contributed by atoms with Gasteiger partial charge in [0.25, 0.3) is 0 Å². The maximum absolute atomic E-state index is 13.3. The first kappa shape index (κ1) is 28.6. The normalized spacial score (nSPS) is 44.4. The SMILES string of the molecule is CC[C@H]1OC(=O)C(C)C(=O)[C@H](C)[C@@H](O)[C@@]2(C)C[C@@H](C)CN(C)[C@H](C)[C@H]3N(C/C=C/CO2)C(=O)O[C@]13C. The molecule has 0 aromatic carbocycles. The van der Waals surface area contributed by atoms with Crippen LogP contribution in [0.4, 0.5) is 4.79 Å². The van der Waals surface area contributed by atoms with Crippen LogP contribution in [0.2, 0.25) is 0 Å². The smallest absolute Gasteiger partial charge is 0.411 e. The lowest BCUT2D eigenvalue weighted by Crippen LogP contribution is -2.61. The van der Waals surface area contributed by atoms with E-state index in [0.29, 0.717) is 25.9 Å². The number of ether oxygens (including phenoxy) is 3. The average Bonchev–Trinajstić information content (AvgIpc) is 3.08. The first-order valence-corrected chi connectivity index (χ1v) is 13.2. The number of hydrogen-bond acceptors (Lipinski definition) is 8. The number of nitrogens with zero attached hydrogens (tertiary/aromatic N) is 2. The largest absolute Gasteiger partial charge is 0.458 e. The van der Waals surface area contributed by atoms with Gasteiger partial charge in [-0.15, -0.1) is 0 Å². The van der Waals surface area contributed by atoms with E-state index in [4.69, 9.17) is 14.2 Å². The summed E-state index contributed by atoms with van der Waals surface area (Å²) in [6, 6.07) is -0.538. The molecule has 204 valence electrons. The zero-order valence-corrected chi connectivity index (χ0v) is 23.0. The molecule has 2 bridgehead atoms. The molecule has 36 heavy (non-hydrogen) atoms. The van der Waals surface area contributed by atoms with E-state index in [1.807, 2.05) is 40.0 Å². The van der Waals surface area contributed by atoms with Gasteiger partial charge in [-0.05, 0) is 53.5 Å². The van der Waals surface area contributed by atoms with Crippen molar-refractivity contribution < 1.29 is 33.7 Å². The third-order valence-corrected chi connectivity index (χ3v) is 8.55. The highest BCUT2D eigenvalue weighted by Gasteiger charge is 2.59. The van der Waals surface area contributed by atoms with Crippen LogP contribution in [0.1, 0.15) is 61.3 Å². The number of esters is 1. The Morgan fingerprint density at radius 2 is 1.78 bits per heavy atom.